The zero-order valence-electron chi connectivity index (χ0n) is 17.3. The van der Waals surface area contributed by atoms with Crippen LogP contribution >= 0.6 is 0 Å². The highest BCUT2D eigenvalue weighted by atomic mass is 16.5. The number of imidazole rings is 1. The number of nitrogens with zero attached hydrogens (tertiary/aromatic N) is 2. The van der Waals surface area contributed by atoms with Gasteiger partial charge in [-0.25, -0.2) is 4.98 Å². The summed E-state index contributed by atoms with van der Waals surface area (Å²) in [5.74, 6) is 1.94. The molecule has 0 saturated carbocycles. The van der Waals surface area contributed by atoms with Crippen LogP contribution in [0.15, 0.2) is 36.4 Å². The van der Waals surface area contributed by atoms with Crippen molar-refractivity contribution in [3.63, 3.8) is 0 Å². The number of fused-ring (bicyclic) bond motifs is 1. The summed E-state index contributed by atoms with van der Waals surface area (Å²) < 4.78 is 11.4. The van der Waals surface area contributed by atoms with Gasteiger partial charge < -0.3 is 14.5 Å². The Labute approximate surface area is 172 Å². The Bertz CT molecular complexity index is 1040. The van der Waals surface area contributed by atoms with Crippen LogP contribution in [0.1, 0.15) is 49.6 Å². The standard InChI is InChI=1S/C24H27N3O2/c1-4-5-6-7-12-29-22-11-9-18(15-23(22)28-3)14-19(16-25)24-26-20-10-8-17(2)13-21(20)27-24/h8-11,13-15H,4-7,12H2,1-3H3,(H,26,27)/b19-14-. The van der Waals surface area contributed by atoms with E-state index in [4.69, 9.17) is 9.47 Å². The summed E-state index contributed by atoms with van der Waals surface area (Å²) in [5, 5.41) is 9.65. The van der Waals surface area contributed by atoms with Gasteiger partial charge in [0.25, 0.3) is 0 Å². The molecule has 0 amide bonds. The fraction of sp³-hybridized carbons (Fsp3) is 0.333. The van der Waals surface area contributed by atoms with Crippen molar-refractivity contribution in [2.45, 2.75) is 39.5 Å². The number of hydrogen-bond donors (Lipinski definition) is 1. The normalized spacial score (nSPS) is 11.4. The molecule has 0 spiro atoms. The number of ether oxygens (including phenoxy) is 2. The van der Waals surface area contributed by atoms with E-state index in [1.165, 1.54) is 19.3 Å². The largest absolute Gasteiger partial charge is 0.493 e. The van der Waals surface area contributed by atoms with Crippen molar-refractivity contribution in [3.8, 4) is 17.6 Å². The lowest BCUT2D eigenvalue weighted by Crippen LogP contribution is -1.99. The summed E-state index contributed by atoms with van der Waals surface area (Å²) in [6.07, 6.45) is 6.43. The highest BCUT2D eigenvalue weighted by Gasteiger charge is 2.10. The number of H-pyrrole nitrogens is 1. The topological polar surface area (TPSA) is 70.9 Å². The maximum absolute atomic E-state index is 9.65. The average molecular weight is 389 g/mol. The van der Waals surface area contributed by atoms with Gasteiger partial charge in [-0.15, -0.1) is 0 Å². The molecule has 150 valence electrons. The number of hydrogen-bond acceptors (Lipinski definition) is 4. The fourth-order valence-electron chi connectivity index (χ4n) is 3.18. The summed E-state index contributed by atoms with van der Waals surface area (Å²) in [4.78, 5) is 7.78. The van der Waals surface area contributed by atoms with Crippen LogP contribution in [0.25, 0.3) is 22.7 Å². The van der Waals surface area contributed by atoms with Gasteiger partial charge in [0.1, 0.15) is 11.9 Å². The Morgan fingerprint density at radius 3 is 2.76 bits per heavy atom. The minimum absolute atomic E-state index is 0.467. The second-order valence-electron chi connectivity index (χ2n) is 7.10. The second-order valence-corrected chi connectivity index (χ2v) is 7.10. The molecule has 1 aromatic heterocycles. The van der Waals surface area contributed by atoms with E-state index >= 15 is 0 Å². The van der Waals surface area contributed by atoms with Crippen molar-refractivity contribution < 1.29 is 9.47 Å². The Kier molecular flexibility index (Phi) is 6.91. The van der Waals surface area contributed by atoms with Crippen molar-refractivity contribution in [1.29, 1.82) is 5.26 Å². The SMILES string of the molecule is CCCCCCOc1ccc(/C=C(/C#N)c2nc3ccc(C)cc3[nH]2)cc1OC. The first-order chi connectivity index (χ1) is 14.1. The molecular weight excluding hydrogens is 362 g/mol. The number of benzene rings is 2. The highest BCUT2D eigenvalue weighted by Crippen LogP contribution is 2.30. The molecule has 0 fully saturated rings. The summed E-state index contributed by atoms with van der Waals surface area (Å²) >= 11 is 0. The third-order valence-corrected chi connectivity index (χ3v) is 4.77. The Morgan fingerprint density at radius 2 is 2.00 bits per heavy atom. The van der Waals surface area contributed by atoms with E-state index in [9.17, 15) is 5.26 Å². The van der Waals surface area contributed by atoms with E-state index in [0.717, 1.165) is 34.3 Å². The first-order valence-electron chi connectivity index (χ1n) is 10.0. The van der Waals surface area contributed by atoms with E-state index in [1.807, 2.05) is 43.3 Å². The molecule has 0 unspecified atom stereocenters. The molecule has 0 radical (unpaired) electrons. The predicted octanol–water partition coefficient (Wildman–Crippen LogP) is 5.90. The van der Waals surface area contributed by atoms with Crippen LogP contribution in [0.4, 0.5) is 0 Å². The van der Waals surface area contributed by atoms with E-state index < -0.39 is 0 Å². The van der Waals surface area contributed by atoms with Gasteiger partial charge in [0.2, 0.25) is 0 Å². The number of aromatic nitrogens is 2. The molecule has 0 aliphatic carbocycles. The van der Waals surface area contributed by atoms with Crippen LogP contribution < -0.4 is 9.47 Å². The van der Waals surface area contributed by atoms with Crippen LogP contribution in [0.2, 0.25) is 0 Å². The fourth-order valence-corrected chi connectivity index (χ4v) is 3.18. The number of nitriles is 1. The molecule has 5 heteroatoms. The Hall–Kier alpha value is -3.26. The van der Waals surface area contributed by atoms with Crippen LogP contribution in [0.3, 0.4) is 0 Å². The van der Waals surface area contributed by atoms with Gasteiger partial charge in [0, 0.05) is 0 Å². The summed E-state index contributed by atoms with van der Waals surface area (Å²) in [6, 6.07) is 13.9. The maximum atomic E-state index is 9.65. The zero-order valence-corrected chi connectivity index (χ0v) is 17.3. The molecule has 29 heavy (non-hydrogen) atoms. The van der Waals surface area contributed by atoms with Gasteiger partial charge in [-0.1, -0.05) is 38.3 Å². The second kappa shape index (κ2) is 9.79. The zero-order chi connectivity index (χ0) is 20.6. The lowest BCUT2D eigenvalue weighted by atomic mass is 10.1. The third kappa shape index (κ3) is 5.17. The van der Waals surface area contributed by atoms with Crippen molar-refractivity contribution >= 4 is 22.7 Å². The third-order valence-electron chi connectivity index (χ3n) is 4.77. The molecular formula is C24H27N3O2. The minimum atomic E-state index is 0.467. The Balaban J connectivity index is 1.80. The number of aromatic amines is 1. The molecule has 1 heterocycles. The molecule has 1 N–H and O–H groups in total. The Morgan fingerprint density at radius 1 is 1.14 bits per heavy atom. The van der Waals surface area contributed by atoms with Crippen molar-refractivity contribution in [1.82, 2.24) is 9.97 Å². The van der Waals surface area contributed by atoms with Gasteiger partial charge in [0.15, 0.2) is 11.5 Å². The van der Waals surface area contributed by atoms with E-state index in [-0.39, 0.29) is 0 Å². The predicted molar refractivity (Wildman–Crippen MR) is 117 cm³/mol. The van der Waals surface area contributed by atoms with Gasteiger partial charge >= 0.3 is 0 Å². The van der Waals surface area contributed by atoms with E-state index in [2.05, 4.69) is 23.0 Å². The first-order valence-corrected chi connectivity index (χ1v) is 10.0. The quantitative estimate of drug-likeness (QED) is 0.365. The molecule has 3 rings (SSSR count). The van der Waals surface area contributed by atoms with Crippen LogP contribution in [-0.2, 0) is 0 Å². The maximum Gasteiger partial charge on any atom is 0.161 e. The number of nitrogens with one attached hydrogen (secondary N) is 1. The molecule has 0 aliphatic rings. The summed E-state index contributed by atoms with van der Waals surface area (Å²) in [7, 11) is 1.62. The van der Waals surface area contributed by atoms with Crippen LogP contribution in [0.5, 0.6) is 11.5 Å². The van der Waals surface area contributed by atoms with Crippen molar-refractivity contribution in [2.75, 3.05) is 13.7 Å². The summed E-state index contributed by atoms with van der Waals surface area (Å²) in [5.41, 5.74) is 4.23. The minimum Gasteiger partial charge on any atom is -0.493 e. The molecule has 5 nitrogen and oxygen atoms in total. The lowest BCUT2D eigenvalue weighted by molar-refractivity contribution is 0.285. The molecule has 0 saturated heterocycles. The first kappa shape index (κ1) is 20.5. The summed E-state index contributed by atoms with van der Waals surface area (Å²) in [6.45, 7) is 4.89. The van der Waals surface area contributed by atoms with Crippen molar-refractivity contribution in [2.24, 2.45) is 0 Å². The van der Waals surface area contributed by atoms with Gasteiger partial charge in [-0.3, -0.25) is 0 Å². The number of aryl methyl sites for hydroxylation is 1. The number of allylic oxidation sites excluding steroid dienone is 1. The number of unbranched alkanes of at least 4 members (excludes halogenated alkanes) is 3. The van der Waals surface area contributed by atoms with Gasteiger partial charge in [-0.05, 0) is 54.8 Å². The lowest BCUT2D eigenvalue weighted by Gasteiger charge is -2.11. The van der Waals surface area contributed by atoms with E-state index in [0.29, 0.717) is 23.8 Å². The van der Waals surface area contributed by atoms with Gasteiger partial charge in [-0.2, -0.15) is 5.26 Å². The highest BCUT2D eigenvalue weighted by molar-refractivity contribution is 5.90. The van der Waals surface area contributed by atoms with Crippen LogP contribution in [-0.4, -0.2) is 23.7 Å². The number of methoxy groups -OCH3 is 1. The van der Waals surface area contributed by atoms with E-state index in [1.54, 1.807) is 13.2 Å². The number of rotatable bonds is 9. The molecule has 3 aromatic rings. The molecule has 0 atom stereocenters. The van der Waals surface area contributed by atoms with Crippen molar-refractivity contribution in [3.05, 3.63) is 53.3 Å². The average Bonchev–Trinajstić information content (AvgIpc) is 3.15. The monoisotopic (exact) mass is 389 g/mol. The smallest absolute Gasteiger partial charge is 0.161 e. The molecule has 0 aliphatic heterocycles. The van der Waals surface area contributed by atoms with Crippen LogP contribution in [0, 0.1) is 18.3 Å². The van der Waals surface area contributed by atoms with Gasteiger partial charge in [0.05, 0.1) is 30.3 Å². The molecule has 0 bridgehead atoms. The molecule has 2 aromatic carbocycles.